The van der Waals surface area contributed by atoms with Gasteiger partial charge in [0.1, 0.15) is 11.1 Å². The number of sulfonamides is 1. The van der Waals surface area contributed by atoms with Gasteiger partial charge in [-0.15, -0.1) is 4.90 Å². The van der Waals surface area contributed by atoms with E-state index in [9.17, 15) is 23.2 Å². The van der Waals surface area contributed by atoms with E-state index in [-0.39, 0.29) is 38.0 Å². The summed E-state index contributed by atoms with van der Waals surface area (Å²) in [6.07, 6.45) is 1.14. The van der Waals surface area contributed by atoms with Crippen LogP contribution >= 0.6 is 11.6 Å². The Bertz CT molecular complexity index is 1400. The standard InChI is InChI=1S/C23H20ClN3O5S/c1-23(2,3)14-7-9-15(10-8-14)33(31,32)25-17-12-11-16(24)19-20(17)22(29)27(21(19)28)18-6-4-5-13-26(18)30/h4-13,25H,1-3H3. The Labute approximate surface area is 196 Å². The summed E-state index contributed by atoms with van der Waals surface area (Å²) in [6, 6.07) is 13.3. The number of fused-ring (bicyclic) bond motifs is 1. The van der Waals surface area contributed by atoms with Crippen molar-refractivity contribution in [2.24, 2.45) is 0 Å². The van der Waals surface area contributed by atoms with Crippen LogP contribution in [0.3, 0.4) is 0 Å². The van der Waals surface area contributed by atoms with Crippen LogP contribution in [0.25, 0.3) is 0 Å². The van der Waals surface area contributed by atoms with Gasteiger partial charge in [-0.25, -0.2) is 22.7 Å². The van der Waals surface area contributed by atoms with Crippen LogP contribution in [0.15, 0.2) is 65.7 Å². The smallest absolute Gasteiger partial charge is 0.352 e. The van der Waals surface area contributed by atoms with Crippen molar-refractivity contribution in [2.45, 2.75) is 31.1 Å². The van der Waals surface area contributed by atoms with Crippen molar-refractivity contribution < 1.29 is 22.7 Å². The second kappa shape index (κ2) is 7.86. The number of benzene rings is 2. The highest BCUT2D eigenvalue weighted by Gasteiger charge is 2.48. The minimum absolute atomic E-state index is 0.00621. The first kappa shape index (κ1) is 22.8. The number of amides is 2. The molecule has 0 aliphatic carbocycles. The van der Waals surface area contributed by atoms with Gasteiger partial charge in [-0.05, 0) is 41.3 Å². The molecule has 4 rings (SSSR count). The van der Waals surface area contributed by atoms with E-state index in [1.54, 1.807) is 12.1 Å². The molecule has 2 aromatic carbocycles. The van der Waals surface area contributed by atoms with Gasteiger partial charge in [0.15, 0.2) is 0 Å². The van der Waals surface area contributed by atoms with Crippen molar-refractivity contribution in [1.82, 2.24) is 0 Å². The molecule has 2 amide bonds. The van der Waals surface area contributed by atoms with Crippen LogP contribution in [0.1, 0.15) is 47.1 Å². The lowest BCUT2D eigenvalue weighted by Crippen LogP contribution is -2.41. The van der Waals surface area contributed by atoms with Crippen LogP contribution in [-0.2, 0) is 15.4 Å². The molecular formula is C23H20ClN3O5S. The van der Waals surface area contributed by atoms with Crippen LogP contribution < -0.4 is 14.4 Å². The third-order valence-electron chi connectivity index (χ3n) is 5.30. The molecule has 0 spiro atoms. The van der Waals surface area contributed by atoms with Crippen molar-refractivity contribution >= 4 is 44.9 Å². The number of hydrogen-bond acceptors (Lipinski definition) is 5. The zero-order valence-corrected chi connectivity index (χ0v) is 19.6. The van der Waals surface area contributed by atoms with Gasteiger partial charge < -0.3 is 5.21 Å². The monoisotopic (exact) mass is 485 g/mol. The summed E-state index contributed by atoms with van der Waals surface area (Å²) in [6.45, 7) is 6.04. The van der Waals surface area contributed by atoms with E-state index >= 15 is 0 Å². The minimum atomic E-state index is -4.08. The number of anilines is 2. The van der Waals surface area contributed by atoms with Crippen LogP contribution in [0, 0.1) is 5.21 Å². The number of aromatic nitrogens is 1. The molecule has 1 aliphatic heterocycles. The van der Waals surface area contributed by atoms with Crippen molar-refractivity contribution in [3.05, 3.63) is 87.7 Å². The lowest BCUT2D eigenvalue weighted by molar-refractivity contribution is -0.591. The zero-order chi connectivity index (χ0) is 24.1. The number of nitrogens with zero attached hydrogens (tertiary/aromatic N) is 2. The minimum Gasteiger partial charge on any atom is -0.711 e. The molecule has 1 aromatic heterocycles. The third-order valence-corrected chi connectivity index (χ3v) is 6.99. The maximum atomic E-state index is 13.2. The summed E-state index contributed by atoms with van der Waals surface area (Å²) in [5.74, 6) is -1.88. The quantitative estimate of drug-likeness (QED) is 0.342. The van der Waals surface area contributed by atoms with Gasteiger partial charge in [-0.3, -0.25) is 4.72 Å². The highest BCUT2D eigenvalue weighted by atomic mass is 35.5. The maximum absolute atomic E-state index is 13.2. The number of carbonyl (C=O) groups excluding carboxylic acids is 2. The molecule has 0 saturated carbocycles. The largest absolute Gasteiger partial charge is 0.711 e. The zero-order valence-electron chi connectivity index (χ0n) is 18.0. The highest BCUT2D eigenvalue weighted by Crippen LogP contribution is 2.37. The normalized spacial score (nSPS) is 13.9. The van der Waals surface area contributed by atoms with E-state index in [1.165, 1.54) is 42.5 Å². The number of imide groups is 1. The van der Waals surface area contributed by atoms with E-state index in [0.29, 0.717) is 9.63 Å². The molecule has 33 heavy (non-hydrogen) atoms. The van der Waals surface area contributed by atoms with Gasteiger partial charge in [0.05, 0.1) is 21.8 Å². The fourth-order valence-electron chi connectivity index (χ4n) is 3.55. The van der Waals surface area contributed by atoms with Gasteiger partial charge in [0, 0.05) is 6.07 Å². The molecule has 3 aromatic rings. The highest BCUT2D eigenvalue weighted by molar-refractivity contribution is 7.92. The van der Waals surface area contributed by atoms with Gasteiger partial charge in [-0.2, -0.15) is 0 Å². The number of pyridine rings is 1. The molecular weight excluding hydrogens is 466 g/mol. The summed E-state index contributed by atoms with van der Waals surface area (Å²) in [4.78, 5) is 26.8. The molecule has 2 heterocycles. The molecule has 0 saturated heterocycles. The van der Waals surface area contributed by atoms with Gasteiger partial charge in [-0.1, -0.05) is 50.6 Å². The van der Waals surface area contributed by atoms with Crippen LogP contribution in [0.5, 0.6) is 0 Å². The fourth-order valence-corrected chi connectivity index (χ4v) is 4.86. The summed E-state index contributed by atoms with van der Waals surface area (Å²) in [5, 5.41) is 12.1. The molecule has 0 atom stereocenters. The van der Waals surface area contributed by atoms with Crippen molar-refractivity contribution in [3.8, 4) is 0 Å². The summed E-state index contributed by atoms with van der Waals surface area (Å²) < 4.78 is 28.8. The molecule has 0 radical (unpaired) electrons. The van der Waals surface area contributed by atoms with Gasteiger partial charge >= 0.3 is 11.8 Å². The van der Waals surface area contributed by atoms with E-state index in [4.69, 9.17) is 11.6 Å². The van der Waals surface area contributed by atoms with Crippen molar-refractivity contribution in [3.63, 3.8) is 0 Å². The number of halogens is 1. The Balaban J connectivity index is 1.75. The number of carbonyl (C=O) groups is 2. The predicted molar refractivity (Wildman–Crippen MR) is 124 cm³/mol. The summed E-state index contributed by atoms with van der Waals surface area (Å²) in [5.41, 5.74) is 0.307. The number of hydrogen-bond donors (Lipinski definition) is 1. The first-order chi connectivity index (χ1) is 15.4. The number of rotatable bonds is 4. The summed E-state index contributed by atoms with van der Waals surface area (Å²) in [7, 11) is -4.08. The van der Waals surface area contributed by atoms with Crippen LogP contribution in [0.2, 0.25) is 5.02 Å². The Morgan fingerprint density at radius 1 is 0.939 bits per heavy atom. The maximum Gasteiger partial charge on any atom is 0.352 e. The molecule has 8 nitrogen and oxygen atoms in total. The molecule has 1 N–H and O–H groups in total. The summed E-state index contributed by atoms with van der Waals surface area (Å²) >= 11 is 6.18. The molecule has 170 valence electrons. The molecule has 0 fully saturated rings. The molecule has 0 unspecified atom stereocenters. The average Bonchev–Trinajstić information content (AvgIpc) is 3.01. The first-order valence-corrected chi connectivity index (χ1v) is 11.8. The Kier molecular flexibility index (Phi) is 5.42. The van der Waals surface area contributed by atoms with E-state index in [0.717, 1.165) is 11.8 Å². The Hall–Kier alpha value is -3.43. The fraction of sp³-hybridized carbons (Fsp3) is 0.174. The number of nitrogens with one attached hydrogen (secondary N) is 1. The average molecular weight is 486 g/mol. The molecule has 0 bridgehead atoms. The van der Waals surface area contributed by atoms with E-state index in [1.807, 2.05) is 20.8 Å². The molecule has 1 aliphatic rings. The van der Waals surface area contributed by atoms with Crippen LogP contribution in [0.4, 0.5) is 11.5 Å². The third kappa shape index (κ3) is 3.94. The van der Waals surface area contributed by atoms with Crippen molar-refractivity contribution in [1.29, 1.82) is 0 Å². The van der Waals surface area contributed by atoms with Gasteiger partial charge in [0.2, 0.25) is 0 Å². The van der Waals surface area contributed by atoms with Gasteiger partial charge in [0.25, 0.3) is 15.8 Å². The van der Waals surface area contributed by atoms with Crippen molar-refractivity contribution in [2.75, 3.05) is 9.62 Å². The lowest BCUT2D eigenvalue weighted by atomic mass is 9.87. The second-order valence-corrected chi connectivity index (χ2v) is 10.6. The topological polar surface area (TPSA) is 110 Å². The predicted octanol–water partition coefficient (Wildman–Crippen LogP) is 3.87. The lowest BCUT2D eigenvalue weighted by Gasteiger charge is -2.19. The Morgan fingerprint density at radius 2 is 1.58 bits per heavy atom. The first-order valence-electron chi connectivity index (χ1n) is 9.94. The van der Waals surface area contributed by atoms with Crippen LogP contribution in [-0.4, -0.2) is 20.2 Å². The van der Waals surface area contributed by atoms with E-state index in [2.05, 4.69) is 4.72 Å². The SMILES string of the molecule is CC(C)(C)c1ccc(S(=O)(=O)Nc2ccc(Cl)c3c2C(=O)N(c2cccc[n+]2[O-])C3=O)cc1. The van der Waals surface area contributed by atoms with E-state index < -0.39 is 21.8 Å². The second-order valence-electron chi connectivity index (χ2n) is 8.56. The molecule has 10 heteroatoms. The Morgan fingerprint density at radius 3 is 2.18 bits per heavy atom.